The molecule has 0 spiro atoms. The molecule has 1 atom stereocenters. The number of aliphatic carboxylic acids is 1. The smallest absolute Gasteiger partial charge is 0.317 e. The third-order valence-electron chi connectivity index (χ3n) is 5.52. The maximum Gasteiger partial charge on any atom is 0.317 e. The molecule has 0 saturated carbocycles. The lowest BCUT2D eigenvalue weighted by Gasteiger charge is -2.24. The van der Waals surface area contributed by atoms with Crippen molar-refractivity contribution in [2.45, 2.75) is 26.7 Å². The highest BCUT2D eigenvalue weighted by Gasteiger charge is 2.31. The van der Waals surface area contributed by atoms with E-state index in [0.29, 0.717) is 26.1 Å². The molecule has 1 aliphatic rings. The van der Waals surface area contributed by atoms with Gasteiger partial charge in [0, 0.05) is 26.2 Å². The molecule has 2 aromatic carbocycles. The van der Waals surface area contributed by atoms with Gasteiger partial charge in [-0.3, -0.25) is 14.5 Å². The molecule has 1 N–H and O–H groups in total. The molecule has 1 heterocycles. The standard InChI is InChI=1S/C24H30N2O3/c1-3-12-26-14-13-25(17-23(27)28)16-21(24(26)29)15-20-6-4-5-7-22(20)19-10-8-18(2)9-11-19/h4-11,21H,3,12-17H2,1-2H3,(H,27,28)/t21-/m0/s1. The normalized spacial score (nSPS) is 17.9. The quantitative estimate of drug-likeness (QED) is 0.781. The minimum atomic E-state index is -0.847. The monoisotopic (exact) mass is 394 g/mol. The fourth-order valence-corrected chi connectivity index (χ4v) is 4.07. The molecule has 0 aromatic heterocycles. The molecule has 154 valence electrons. The molecular formula is C24H30N2O3. The van der Waals surface area contributed by atoms with Crippen molar-refractivity contribution in [1.82, 2.24) is 9.80 Å². The van der Waals surface area contributed by atoms with E-state index in [4.69, 9.17) is 0 Å². The summed E-state index contributed by atoms with van der Waals surface area (Å²) < 4.78 is 0. The lowest BCUT2D eigenvalue weighted by Crippen LogP contribution is -2.38. The second kappa shape index (κ2) is 9.70. The Labute approximate surface area is 172 Å². The molecular weight excluding hydrogens is 364 g/mol. The number of benzene rings is 2. The van der Waals surface area contributed by atoms with Gasteiger partial charge >= 0.3 is 5.97 Å². The van der Waals surface area contributed by atoms with Gasteiger partial charge in [0.05, 0.1) is 12.5 Å². The average Bonchev–Trinajstić information content (AvgIpc) is 2.83. The Morgan fingerprint density at radius 2 is 1.83 bits per heavy atom. The van der Waals surface area contributed by atoms with Crippen molar-refractivity contribution in [2.24, 2.45) is 5.92 Å². The Balaban J connectivity index is 1.88. The SMILES string of the molecule is CCCN1CCN(CC(=O)O)C[C@H](Cc2ccccc2-c2ccc(C)cc2)C1=O. The van der Waals surface area contributed by atoms with Gasteiger partial charge in [0.2, 0.25) is 5.91 Å². The summed E-state index contributed by atoms with van der Waals surface area (Å²) >= 11 is 0. The van der Waals surface area contributed by atoms with Crippen molar-refractivity contribution < 1.29 is 14.7 Å². The Morgan fingerprint density at radius 1 is 1.10 bits per heavy atom. The van der Waals surface area contributed by atoms with E-state index in [-0.39, 0.29) is 18.4 Å². The number of nitrogens with zero attached hydrogens (tertiary/aromatic N) is 2. The number of aryl methyl sites for hydroxylation is 1. The fraction of sp³-hybridized carbons (Fsp3) is 0.417. The van der Waals surface area contributed by atoms with Crippen LogP contribution in [0.2, 0.25) is 0 Å². The molecule has 0 bridgehead atoms. The maximum absolute atomic E-state index is 13.2. The molecule has 5 heteroatoms. The lowest BCUT2D eigenvalue weighted by atomic mass is 9.91. The Hall–Kier alpha value is -2.66. The number of hydrogen-bond acceptors (Lipinski definition) is 3. The van der Waals surface area contributed by atoms with Gasteiger partial charge in [-0.15, -0.1) is 0 Å². The second-order valence-corrected chi connectivity index (χ2v) is 7.88. The van der Waals surface area contributed by atoms with Crippen LogP contribution in [0.5, 0.6) is 0 Å². The molecule has 0 aliphatic carbocycles. The summed E-state index contributed by atoms with van der Waals surface area (Å²) in [4.78, 5) is 28.3. The van der Waals surface area contributed by atoms with Gasteiger partial charge in [-0.2, -0.15) is 0 Å². The van der Waals surface area contributed by atoms with E-state index in [0.717, 1.165) is 29.7 Å². The van der Waals surface area contributed by atoms with E-state index in [1.165, 1.54) is 5.56 Å². The number of carboxylic acid groups (broad SMARTS) is 1. The van der Waals surface area contributed by atoms with Crippen LogP contribution in [0.25, 0.3) is 11.1 Å². The highest BCUT2D eigenvalue weighted by atomic mass is 16.4. The summed E-state index contributed by atoms with van der Waals surface area (Å²) in [6, 6.07) is 16.6. The van der Waals surface area contributed by atoms with Crippen LogP contribution in [-0.4, -0.2) is 59.5 Å². The average molecular weight is 395 g/mol. The minimum Gasteiger partial charge on any atom is -0.480 e. The van der Waals surface area contributed by atoms with Crippen molar-refractivity contribution in [2.75, 3.05) is 32.7 Å². The fourth-order valence-electron chi connectivity index (χ4n) is 4.07. The highest BCUT2D eigenvalue weighted by molar-refractivity contribution is 5.80. The topological polar surface area (TPSA) is 60.9 Å². The van der Waals surface area contributed by atoms with Crippen LogP contribution in [0.3, 0.4) is 0 Å². The Bertz CT molecular complexity index is 847. The van der Waals surface area contributed by atoms with Gasteiger partial charge in [-0.1, -0.05) is 61.0 Å². The lowest BCUT2D eigenvalue weighted by molar-refractivity contribution is -0.139. The number of carboxylic acids is 1. The van der Waals surface area contributed by atoms with Crippen molar-refractivity contribution in [3.05, 3.63) is 59.7 Å². The first kappa shape index (κ1) is 21.1. The number of amides is 1. The number of hydrogen-bond donors (Lipinski definition) is 1. The van der Waals surface area contributed by atoms with Crippen molar-refractivity contribution in [3.63, 3.8) is 0 Å². The van der Waals surface area contributed by atoms with Gasteiger partial charge in [0.15, 0.2) is 0 Å². The molecule has 1 aliphatic heterocycles. The first-order chi connectivity index (χ1) is 14.0. The summed E-state index contributed by atoms with van der Waals surface area (Å²) in [5, 5.41) is 9.24. The zero-order valence-electron chi connectivity index (χ0n) is 17.3. The van der Waals surface area contributed by atoms with E-state index < -0.39 is 5.97 Å². The summed E-state index contributed by atoms with van der Waals surface area (Å²) in [7, 11) is 0. The molecule has 0 unspecified atom stereocenters. The summed E-state index contributed by atoms with van der Waals surface area (Å²) in [6.45, 7) is 6.51. The first-order valence-corrected chi connectivity index (χ1v) is 10.4. The maximum atomic E-state index is 13.2. The Morgan fingerprint density at radius 3 is 2.52 bits per heavy atom. The van der Waals surface area contributed by atoms with Crippen LogP contribution in [0.15, 0.2) is 48.5 Å². The molecule has 1 fully saturated rings. The summed E-state index contributed by atoms with van der Waals surface area (Å²) in [5.74, 6) is -0.950. The van der Waals surface area contributed by atoms with E-state index in [1.54, 1.807) is 0 Å². The van der Waals surface area contributed by atoms with Gasteiger partial charge < -0.3 is 10.0 Å². The van der Waals surface area contributed by atoms with E-state index in [9.17, 15) is 14.7 Å². The number of rotatable bonds is 7. The summed E-state index contributed by atoms with van der Waals surface area (Å²) in [6.07, 6.45) is 1.51. The predicted octanol–water partition coefficient (Wildman–Crippen LogP) is 3.46. The first-order valence-electron chi connectivity index (χ1n) is 10.4. The third kappa shape index (κ3) is 5.45. The zero-order valence-corrected chi connectivity index (χ0v) is 17.3. The van der Waals surface area contributed by atoms with Gasteiger partial charge in [0.25, 0.3) is 0 Å². The number of carbonyl (C=O) groups excluding carboxylic acids is 1. The minimum absolute atomic E-state index is 0.0245. The number of carbonyl (C=O) groups is 2. The highest BCUT2D eigenvalue weighted by Crippen LogP contribution is 2.27. The second-order valence-electron chi connectivity index (χ2n) is 7.88. The molecule has 1 saturated heterocycles. The van der Waals surface area contributed by atoms with Crippen LogP contribution in [-0.2, 0) is 16.0 Å². The van der Waals surface area contributed by atoms with Crippen LogP contribution < -0.4 is 0 Å². The third-order valence-corrected chi connectivity index (χ3v) is 5.52. The van der Waals surface area contributed by atoms with Gasteiger partial charge in [-0.05, 0) is 36.5 Å². The molecule has 3 rings (SSSR count). The molecule has 5 nitrogen and oxygen atoms in total. The van der Waals surface area contributed by atoms with E-state index in [1.807, 2.05) is 21.9 Å². The molecule has 2 aromatic rings. The zero-order chi connectivity index (χ0) is 20.8. The van der Waals surface area contributed by atoms with Crippen molar-refractivity contribution in [1.29, 1.82) is 0 Å². The molecule has 29 heavy (non-hydrogen) atoms. The van der Waals surface area contributed by atoms with Crippen molar-refractivity contribution >= 4 is 11.9 Å². The summed E-state index contributed by atoms with van der Waals surface area (Å²) in [5.41, 5.74) is 4.62. The Kier molecular flexibility index (Phi) is 7.04. The largest absolute Gasteiger partial charge is 0.480 e. The van der Waals surface area contributed by atoms with Crippen LogP contribution in [0.4, 0.5) is 0 Å². The van der Waals surface area contributed by atoms with Gasteiger partial charge in [-0.25, -0.2) is 0 Å². The van der Waals surface area contributed by atoms with E-state index in [2.05, 4.69) is 50.2 Å². The molecule has 1 amide bonds. The van der Waals surface area contributed by atoms with Crippen LogP contribution in [0, 0.1) is 12.8 Å². The van der Waals surface area contributed by atoms with E-state index >= 15 is 0 Å². The predicted molar refractivity (Wildman–Crippen MR) is 115 cm³/mol. The van der Waals surface area contributed by atoms with Gasteiger partial charge in [0.1, 0.15) is 0 Å². The van der Waals surface area contributed by atoms with Crippen LogP contribution in [0.1, 0.15) is 24.5 Å². The van der Waals surface area contributed by atoms with Crippen LogP contribution >= 0.6 is 0 Å². The van der Waals surface area contributed by atoms with Crippen molar-refractivity contribution in [3.8, 4) is 11.1 Å². The molecule has 0 radical (unpaired) electrons.